The number of aryl methyl sites for hydroxylation is 1. The highest BCUT2D eigenvalue weighted by Gasteiger charge is 2.59. The van der Waals surface area contributed by atoms with E-state index in [1.807, 2.05) is 27.7 Å². The number of amides is 1. The second-order valence-corrected chi connectivity index (χ2v) is 9.29. The first-order valence-corrected chi connectivity index (χ1v) is 10.3. The van der Waals surface area contributed by atoms with Gasteiger partial charge in [-0.1, -0.05) is 5.16 Å². The number of nitrogens with zero attached hydrogens (tertiary/aromatic N) is 6. The van der Waals surface area contributed by atoms with Crippen LogP contribution in [-0.2, 0) is 11.3 Å². The molecule has 2 aliphatic rings. The molecule has 0 N–H and O–H groups in total. The van der Waals surface area contributed by atoms with E-state index in [4.69, 9.17) is 9.26 Å². The van der Waals surface area contributed by atoms with Crippen LogP contribution in [0.3, 0.4) is 0 Å². The number of piperidine rings is 1. The van der Waals surface area contributed by atoms with E-state index in [1.54, 1.807) is 17.2 Å². The first kappa shape index (κ1) is 19.7. The van der Waals surface area contributed by atoms with Crippen molar-refractivity contribution in [1.82, 2.24) is 29.6 Å². The third-order valence-electron chi connectivity index (χ3n) is 5.87. The number of hydrogen-bond donors (Lipinski definition) is 0. The van der Waals surface area contributed by atoms with Crippen molar-refractivity contribution in [3.8, 4) is 0 Å². The molecule has 0 spiro atoms. The number of fused-ring (bicyclic) bond motifs is 2. The molecule has 2 atom stereocenters. The molecule has 2 unspecified atom stereocenters. The Balaban J connectivity index is 1.26. The molecule has 162 valence electrons. The molecule has 2 fully saturated rings. The van der Waals surface area contributed by atoms with E-state index < -0.39 is 5.60 Å². The Hall–Kier alpha value is -3.30. The maximum Gasteiger partial charge on any atom is 0.410 e. The van der Waals surface area contributed by atoms with Crippen LogP contribution < -0.4 is 5.56 Å². The first-order chi connectivity index (χ1) is 14.7. The fourth-order valence-corrected chi connectivity index (χ4v) is 4.34. The maximum atomic E-state index is 12.8. The molecule has 3 aromatic rings. The summed E-state index contributed by atoms with van der Waals surface area (Å²) in [5.74, 6) is 1.80. The van der Waals surface area contributed by atoms with Gasteiger partial charge in [0.05, 0.1) is 5.39 Å². The van der Waals surface area contributed by atoms with Gasteiger partial charge in [-0.15, -0.1) is 0 Å². The zero-order chi connectivity index (χ0) is 21.9. The molecule has 10 heteroatoms. The van der Waals surface area contributed by atoms with Crippen LogP contribution in [0.2, 0.25) is 0 Å². The largest absolute Gasteiger partial charge is 0.444 e. The van der Waals surface area contributed by atoms with E-state index >= 15 is 0 Å². The Labute approximate surface area is 178 Å². The average Bonchev–Trinajstić information content (AvgIpc) is 3.05. The lowest BCUT2D eigenvalue weighted by Crippen LogP contribution is -2.36. The van der Waals surface area contributed by atoms with Gasteiger partial charge < -0.3 is 14.2 Å². The van der Waals surface area contributed by atoms with Gasteiger partial charge >= 0.3 is 6.09 Å². The number of pyridine rings is 1. The average molecular weight is 424 g/mol. The molecule has 1 aliphatic heterocycles. The predicted octanol–water partition coefficient (Wildman–Crippen LogP) is 2.11. The molecule has 1 saturated carbocycles. The van der Waals surface area contributed by atoms with Crippen LogP contribution in [-0.4, -0.2) is 54.4 Å². The first-order valence-electron chi connectivity index (χ1n) is 10.3. The van der Waals surface area contributed by atoms with Gasteiger partial charge in [-0.3, -0.25) is 9.36 Å². The summed E-state index contributed by atoms with van der Waals surface area (Å²) in [6.07, 6.45) is 2.81. The van der Waals surface area contributed by atoms with Crippen molar-refractivity contribution in [3.63, 3.8) is 0 Å². The Bertz CT molecular complexity index is 1210. The highest BCUT2D eigenvalue weighted by atomic mass is 16.6. The van der Waals surface area contributed by atoms with E-state index in [9.17, 15) is 9.59 Å². The van der Waals surface area contributed by atoms with Gasteiger partial charge in [-0.25, -0.2) is 14.8 Å². The van der Waals surface area contributed by atoms with Crippen LogP contribution in [0.25, 0.3) is 11.0 Å². The molecule has 0 bridgehead atoms. The summed E-state index contributed by atoms with van der Waals surface area (Å²) in [6.45, 7) is 8.85. The number of carbonyl (C=O) groups excluding carboxylic acids is 1. The van der Waals surface area contributed by atoms with Crippen LogP contribution in [0.1, 0.15) is 44.0 Å². The van der Waals surface area contributed by atoms with Crippen LogP contribution in [0, 0.1) is 18.8 Å². The Kier molecular flexibility index (Phi) is 4.35. The molecule has 4 heterocycles. The van der Waals surface area contributed by atoms with E-state index in [2.05, 4.69) is 20.1 Å². The Morgan fingerprint density at radius 3 is 2.71 bits per heavy atom. The van der Waals surface area contributed by atoms with Crippen molar-refractivity contribution in [2.45, 2.75) is 45.8 Å². The number of ether oxygens (including phenoxy) is 1. The quantitative estimate of drug-likeness (QED) is 0.628. The van der Waals surface area contributed by atoms with E-state index in [1.165, 1.54) is 10.9 Å². The topological polar surface area (TPSA) is 116 Å². The summed E-state index contributed by atoms with van der Waals surface area (Å²) < 4.78 is 12.3. The number of likely N-dealkylation sites (tertiary alicyclic amines) is 1. The molecule has 0 aromatic carbocycles. The number of rotatable bonds is 3. The SMILES string of the molecule is Cc1ccnc2ncn(Cc3nc(C4C5CN(C(=O)OC(C)(C)C)CC54)no3)c(=O)c12. The summed E-state index contributed by atoms with van der Waals surface area (Å²) in [4.78, 5) is 39.7. The van der Waals surface area contributed by atoms with Crippen LogP contribution in [0.5, 0.6) is 0 Å². The smallest absolute Gasteiger partial charge is 0.410 e. The third kappa shape index (κ3) is 3.55. The van der Waals surface area contributed by atoms with Crippen molar-refractivity contribution >= 4 is 17.1 Å². The summed E-state index contributed by atoms with van der Waals surface area (Å²) >= 11 is 0. The normalized spacial score (nSPS) is 22.6. The fraction of sp³-hybridized carbons (Fsp3) is 0.524. The minimum absolute atomic E-state index is 0.148. The van der Waals surface area contributed by atoms with E-state index in [0.29, 0.717) is 47.7 Å². The molecular formula is C21H24N6O4. The summed E-state index contributed by atoms with van der Waals surface area (Å²) in [7, 11) is 0. The van der Waals surface area contributed by atoms with Crippen molar-refractivity contribution in [1.29, 1.82) is 0 Å². The second kappa shape index (κ2) is 6.86. The number of carbonyl (C=O) groups is 1. The Morgan fingerprint density at radius 1 is 1.26 bits per heavy atom. The number of hydrogen-bond acceptors (Lipinski definition) is 8. The van der Waals surface area contributed by atoms with E-state index in [-0.39, 0.29) is 24.1 Å². The molecule has 1 saturated heterocycles. The minimum Gasteiger partial charge on any atom is -0.444 e. The molecule has 10 nitrogen and oxygen atoms in total. The lowest BCUT2D eigenvalue weighted by molar-refractivity contribution is 0.0270. The van der Waals surface area contributed by atoms with Crippen LogP contribution in [0.15, 0.2) is 27.9 Å². The zero-order valence-corrected chi connectivity index (χ0v) is 17.9. The van der Waals surface area contributed by atoms with Gasteiger partial charge in [-0.2, -0.15) is 4.98 Å². The highest BCUT2D eigenvalue weighted by molar-refractivity contribution is 5.76. The molecule has 5 rings (SSSR count). The zero-order valence-electron chi connectivity index (χ0n) is 17.9. The fourth-order valence-electron chi connectivity index (χ4n) is 4.34. The maximum absolute atomic E-state index is 12.8. The molecule has 31 heavy (non-hydrogen) atoms. The van der Waals surface area contributed by atoms with Crippen molar-refractivity contribution < 1.29 is 14.1 Å². The number of aromatic nitrogens is 5. The van der Waals surface area contributed by atoms with Crippen LogP contribution >= 0.6 is 0 Å². The van der Waals surface area contributed by atoms with Gasteiger partial charge in [-0.05, 0) is 51.2 Å². The molecule has 1 amide bonds. The van der Waals surface area contributed by atoms with Gasteiger partial charge in [0.15, 0.2) is 11.5 Å². The third-order valence-corrected chi connectivity index (χ3v) is 5.87. The summed E-state index contributed by atoms with van der Waals surface area (Å²) in [6, 6.07) is 1.78. The summed E-state index contributed by atoms with van der Waals surface area (Å²) in [5.41, 5.74) is 0.554. The Morgan fingerprint density at radius 2 is 2.00 bits per heavy atom. The standard InChI is InChI=1S/C21H24N6O4/c1-11-5-6-22-17-15(11)19(28)27(10-23-17)9-14-24-18(25-31-14)16-12-7-26(8-13(12)16)20(29)30-21(2,3)4/h5-6,10,12-13,16H,7-9H2,1-4H3. The van der Waals surface area contributed by atoms with Gasteiger partial charge in [0.25, 0.3) is 5.56 Å². The molecule has 3 aromatic heterocycles. The summed E-state index contributed by atoms with van der Waals surface area (Å²) in [5, 5.41) is 4.62. The van der Waals surface area contributed by atoms with Crippen molar-refractivity contribution in [2.24, 2.45) is 11.8 Å². The highest BCUT2D eigenvalue weighted by Crippen LogP contribution is 2.57. The molecule has 1 aliphatic carbocycles. The van der Waals surface area contributed by atoms with Crippen LogP contribution in [0.4, 0.5) is 4.79 Å². The minimum atomic E-state index is -0.504. The second-order valence-electron chi connectivity index (χ2n) is 9.29. The monoisotopic (exact) mass is 424 g/mol. The molecule has 0 radical (unpaired) electrons. The predicted molar refractivity (Wildman–Crippen MR) is 109 cm³/mol. The lowest BCUT2D eigenvalue weighted by Gasteiger charge is -2.25. The van der Waals surface area contributed by atoms with Gasteiger partial charge in [0.1, 0.15) is 18.5 Å². The van der Waals surface area contributed by atoms with Crippen molar-refractivity contribution in [3.05, 3.63) is 46.2 Å². The lowest BCUT2D eigenvalue weighted by atomic mass is 10.2. The molecular weight excluding hydrogens is 400 g/mol. The van der Waals surface area contributed by atoms with E-state index in [0.717, 1.165) is 5.56 Å². The van der Waals surface area contributed by atoms with Gasteiger partial charge in [0.2, 0.25) is 5.89 Å². The van der Waals surface area contributed by atoms with Gasteiger partial charge in [0, 0.05) is 25.2 Å². The van der Waals surface area contributed by atoms with Crippen molar-refractivity contribution in [2.75, 3.05) is 13.1 Å².